The van der Waals surface area contributed by atoms with Crippen molar-refractivity contribution < 1.29 is 0 Å². The molecule has 0 aromatic heterocycles. The van der Waals surface area contributed by atoms with Gasteiger partial charge in [0.25, 0.3) is 0 Å². The lowest BCUT2D eigenvalue weighted by atomic mass is 10.3. The van der Waals surface area contributed by atoms with Crippen molar-refractivity contribution in [1.29, 1.82) is 0 Å². The molecule has 0 bridgehead atoms. The Labute approximate surface area is 37.7 Å². The Hall–Kier alpha value is -0.0400. The highest BCUT2D eigenvalue weighted by Gasteiger charge is 2.40. The monoisotopic (exact) mass is 83.1 g/mol. The van der Waals surface area contributed by atoms with Crippen LogP contribution in [0.5, 0.6) is 0 Å². The van der Waals surface area contributed by atoms with Gasteiger partial charge in [-0.3, -0.25) is 0 Å². The molecule has 1 saturated heterocycles. The molecule has 2 fully saturated rings. The molecule has 1 N–H and O–H groups in total. The molecule has 2 aliphatic rings. The van der Waals surface area contributed by atoms with Gasteiger partial charge in [0.2, 0.25) is 0 Å². The van der Waals surface area contributed by atoms with Crippen molar-refractivity contribution in [1.82, 2.24) is 5.32 Å². The largest absolute Gasteiger partial charge is 0.314 e. The molecule has 1 heterocycles. The van der Waals surface area contributed by atoms with Crippen molar-refractivity contribution in [3.63, 3.8) is 0 Å². The van der Waals surface area contributed by atoms with Crippen LogP contribution in [0.4, 0.5) is 0 Å². The fourth-order valence-corrected chi connectivity index (χ4v) is 1.27. The third-order valence-electron chi connectivity index (χ3n) is 1.84. The van der Waals surface area contributed by atoms with Gasteiger partial charge in [-0.25, -0.2) is 0 Å². The summed E-state index contributed by atoms with van der Waals surface area (Å²) in [5.74, 6) is 1.10. The second kappa shape index (κ2) is 0.784. The Morgan fingerprint density at radius 2 is 2.50 bits per heavy atom. The average Bonchev–Trinajstić information content (AvgIpc) is 2.17. The molecular weight excluding hydrogens is 74.1 g/mol. The van der Waals surface area contributed by atoms with Crippen LogP contribution in [0, 0.1) is 5.92 Å². The Morgan fingerprint density at radius 3 is 2.67 bits per heavy atom. The quantitative estimate of drug-likeness (QED) is 0.446. The van der Waals surface area contributed by atoms with E-state index in [9.17, 15) is 0 Å². The molecule has 1 saturated carbocycles. The summed E-state index contributed by atoms with van der Waals surface area (Å²) in [6.45, 7) is 1.29. The van der Waals surface area contributed by atoms with E-state index in [1.165, 1.54) is 19.4 Å². The van der Waals surface area contributed by atoms with Gasteiger partial charge in [0.1, 0.15) is 0 Å². The van der Waals surface area contributed by atoms with E-state index < -0.39 is 0 Å². The molecule has 0 amide bonds. The standard InChI is InChI=1S/C5H9N/c1-2-6-5-3-4(1)5/h4-6H,1-3H2/t4-,5-/m0/s1. The molecule has 34 valence electrons. The van der Waals surface area contributed by atoms with Crippen LogP contribution in [-0.4, -0.2) is 12.6 Å². The van der Waals surface area contributed by atoms with Crippen LogP contribution in [-0.2, 0) is 0 Å². The van der Waals surface area contributed by atoms with Gasteiger partial charge >= 0.3 is 0 Å². The number of hydrogen-bond donors (Lipinski definition) is 1. The summed E-state index contributed by atoms with van der Waals surface area (Å²) in [5.41, 5.74) is 0. The second-order valence-electron chi connectivity index (χ2n) is 2.35. The van der Waals surface area contributed by atoms with Crippen molar-refractivity contribution in [3.05, 3.63) is 0 Å². The fraction of sp³-hybridized carbons (Fsp3) is 1.00. The summed E-state index contributed by atoms with van der Waals surface area (Å²) < 4.78 is 0. The first kappa shape index (κ1) is 3.03. The average molecular weight is 83.1 g/mol. The van der Waals surface area contributed by atoms with E-state index >= 15 is 0 Å². The summed E-state index contributed by atoms with van der Waals surface area (Å²) in [6.07, 6.45) is 2.92. The first-order chi connectivity index (χ1) is 2.97. The van der Waals surface area contributed by atoms with Gasteiger partial charge in [-0.05, 0) is 25.3 Å². The summed E-state index contributed by atoms with van der Waals surface area (Å²) in [4.78, 5) is 0. The molecule has 1 nitrogen and oxygen atoms in total. The van der Waals surface area contributed by atoms with Crippen LogP contribution in [0.2, 0.25) is 0 Å². The highest BCUT2D eigenvalue weighted by Crippen LogP contribution is 2.37. The van der Waals surface area contributed by atoms with E-state index in [0.717, 1.165) is 12.0 Å². The molecule has 1 aliphatic heterocycles. The van der Waals surface area contributed by atoms with Crippen LogP contribution < -0.4 is 5.32 Å². The van der Waals surface area contributed by atoms with Crippen LogP contribution in [0.25, 0.3) is 0 Å². The van der Waals surface area contributed by atoms with E-state index in [2.05, 4.69) is 5.32 Å². The minimum absolute atomic E-state index is 0.963. The summed E-state index contributed by atoms with van der Waals surface area (Å²) in [6, 6.07) is 0.963. The van der Waals surface area contributed by atoms with Crippen molar-refractivity contribution in [2.24, 2.45) is 5.92 Å². The smallest absolute Gasteiger partial charge is 0.00996 e. The van der Waals surface area contributed by atoms with Crippen molar-refractivity contribution in [2.45, 2.75) is 18.9 Å². The van der Waals surface area contributed by atoms with Gasteiger partial charge in [-0.2, -0.15) is 0 Å². The summed E-state index contributed by atoms with van der Waals surface area (Å²) >= 11 is 0. The predicted molar refractivity (Wildman–Crippen MR) is 24.5 cm³/mol. The minimum Gasteiger partial charge on any atom is -0.314 e. The van der Waals surface area contributed by atoms with Crippen molar-refractivity contribution in [2.75, 3.05) is 6.54 Å². The topological polar surface area (TPSA) is 12.0 Å². The zero-order valence-electron chi connectivity index (χ0n) is 3.78. The maximum absolute atomic E-state index is 3.39. The SMILES string of the molecule is C1C[C@H]2C[C@@H]2N1. The minimum atomic E-state index is 0.963. The Kier molecular flexibility index (Phi) is 0.396. The van der Waals surface area contributed by atoms with Gasteiger partial charge < -0.3 is 5.32 Å². The van der Waals surface area contributed by atoms with E-state index in [0.29, 0.717) is 0 Å². The lowest BCUT2D eigenvalue weighted by molar-refractivity contribution is 0.741. The molecule has 6 heavy (non-hydrogen) atoms. The first-order valence-corrected chi connectivity index (χ1v) is 2.70. The lowest BCUT2D eigenvalue weighted by Crippen LogP contribution is -2.10. The van der Waals surface area contributed by atoms with E-state index in [-0.39, 0.29) is 0 Å². The van der Waals surface area contributed by atoms with Crippen LogP contribution >= 0.6 is 0 Å². The Morgan fingerprint density at radius 1 is 1.50 bits per heavy atom. The van der Waals surface area contributed by atoms with E-state index in [4.69, 9.17) is 0 Å². The highest BCUT2D eigenvalue weighted by atomic mass is 15.0. The zero-order chi connectivity index (χ0) is 3.98. The molecule has 0 radical (unpaired) electrons. The third kappa shape index (κ3) is 0.243. The number of hydrogen-bond acceptors (Lipinski definition) is 1. The van der Waals surface area contributed by atoms with Gasteiger partial charge in [0, 0.05) is 6.04 Å². The normalized spacial score (nSPS) is 52.0. The molecule has 2 atom stereocenters. The molecular formula is C5H9N. The van der Waals surface area contributed by atoms with Gasteiger partial charge in [0.05, 0.1) is 0 Å². The van der Waals surface area contributed by atoms with Gasteiger partial charge in [-0.1, -0.05) is 0 Å². The number of piperidine rings is 1. The van der Waals surface area contributed by atoms with Gasteiger partial charge in [0.15, 0.2) is 0 Å². The zero-order valence-corrected chi connectivity index (χ0v) is 3.78. The summed E-state index contributed by atoms with van der Waals surface area (Å²) in [7, 11) is 0. The van der Waals surface area contributed by atoms with Crippen molar-refractivity contribution >= 4 is 0 Å². The predicted octanol–water partition coefficient (Wildman–Crippen LogP) is 0.368. The Balaban J connectivity index is 2.09. The third-order valence-corrected chi connectivity index (χ3v) is 1.84. The Bertz CT molecular complexity index is 62.3. The maximum Gasteiger partial charge on any atom is 0.00996 e. The molecule has 0 aromatic carbocycles. The number of rotatable bonds is 0. The van der Waals surface area contributed by atoms with Crippen LogP contribution in [0.1, 0.15) is 12.8 Å². The number of fused-ring (bicyclic) bond motifs is 1. The maximum atomic E-state index is 3.39. The van der Waals surface area contributed by atoms with E-state index in [1.807, 2.05) is 0 Å². The number of nitrogens with one attached hydrogen (secondary N) is 1. The lowest BCUT2D eigenvalue weighted by Gasteiger charge is -1.86. The fourth-order valence-electron chi connectivity index (χ4n) is 1.27. The molecule has 0 aromatic rings. The van der Waals surface area contributed by atoms with Crippen LogP contribution in [0.15, 0.2) is 0 Å². The van der Waals surface area contributed by atoms with Gasteiger partial charge in [-0.15, -0.1) is 0 Å². The first-order valence-electron chi connectivity index (χ1n) is 2.70. The second-order valence-corrected chi connectivity index (χ2v) is 2.35. The molecule has 1 aliphatic carbocycles. The highest BCUT2D eigenvalue weighted by molar-refractivity contribution is 4.98. The molecule has 1 heteroatoms. The molecule has 0 unspecified atom stereocenters. The summed E-state index contributed by atoms with van der Waals surface area (Å²) in [5, 5.41) is 3.39. The molecule has 0 spiro atoms. The van der Waals surface area contributed by atoms with Crippen LogP contribution in [0.3, 0.4) is 0 Å². The van der Waals surface area contributed by atoms with Crippen molar-refractivity contribution in [3.8, 4) is 0 Å². The molecule has 2 rings (SSSR count). The van der Waals surface area contributed by atoms with E-state index in [1.54, 1.807) is 0 Å².